The van der Waals surface area contributed by atoms with Crippen molar-refractivity contribution in [3.63, 3.8) is 0 Å². The van der Waals surface area contributed by atoms with Gasteiger partial charge in [-0.3, -0.25) is 4.79 Å². The van der Waals surface area contributed by atoms with Gasteiger partial charge >= 0.3 is 5.97 Å². The molecule has 0 spiro atoms. The lowest BCUT2D eigenvalue weighted by Crippen LogP contribution is -2.11. The van der Waals surface area contributed by atoms with Crippen LogP contribution in [0, 0.1) is 13.8 Å². The number of aryl methyl sites for hydroxylation is 4. The molecule has 0 aliphatic carbocycles. The van der Waals surface area contributed by atoms with E-state index in [0.717, 1.165) is 11.2 Å². The number of aliphatic carboxylic acids is 1. The molecular formula is C13H16N4O2. The van der Waals surface area contributed by atoms with E-state index >= 15 is 0 Å². The SMILES string of the molecule is Cc1ccc(CCc2nnn(CC(=O)O)n2)c(C)c1. The highest BCUT2D eigenvalue weighted by Gasteiger charge is 2.07. The maximum Gasteiger partial charge on any atom is 0.327 e. The largest absolute Gasteiger partial charge is 0.480 e. The molecule has 6 heteroatoms. The maximum absolute atomic E-state index is 10.5. The Morgan fingerprint density at radius 1 is 1.32 bits per heavy atom. The summed E-state index contributed by atoms with van der Waals surface area (Å²) < 4.78 is 0. The van der Waals surface area contributed by atoms with Gasteiger partial charge in [-0.2, -0.15) is 4.80 Å². The molecule has 100 valence electrons. The van der Waals surface area contributed by atoms with Crippen LogP contribution < -0.4 is 0 Å². The molecular weight excluding hydrogens is 244 g/mol. The Morgan fingerprint density at radius 2 is 2.11 bits per heavy atom. The number of carboxylic acid groups (broad SMARTS) is 1. The summed E-state index contributed by atoms with van der Waals surface area (Å²) in [5.74, 6) is -0.403. The molecule has 2 aromatic rings. The van der Waals surface area contributed by atoms with E-state index in [1.54, 1.807) is 0 Å². The van der Waals surface area contributed by atoms with E-state index in [0.29, 0.717) is 12.2 Å². The summed E-state index contributed by atoms with van der Waals surface area (Å²) in [5, 5.41) is 20.2. The molecule has 6 nitrogen and oxygen atoms in total. The van der Waals surface area contributed by atoms with E-state index < -0.39 is 5.97 Å². The van der Waals surface area contributed by atoms with Crippen LogP contribution in [0.4, 0.5) is 0 Å². The molecule has 0 aliphatic heterocycles. The lowest BCUT2D eigenvalue weighted by atomic mass is 10.0. The van der Waals surface area contributed by atoms with Crippen LogP contribution in [0.2, 0.25) is 0 Å². The highest BCUT2D eigenvalue weighted by molar-refractivity contribution is 5.66. The van der Waals surface area contributed by atoms with Crippen LogP contribution in [0.5, 0.6) is 0 Å². The molecule has 0 bridgehead atoms. The lowest BCUT2D eigenvalue weighted by Gasteiger charge is -2.04. The number of benzene rings is 1. The van der Waals surface area contributed by atoms with Gasteiger partial charge in [-0.25, -0.2) is 0 Å². The van der Waals surface area contributed by atoms with Crippen molar-refractivity contribution in [2.24, 2.45) is 0 Å². The third-order valence-corrected chi connectivity index (χ3v) is 2.89. The zero-order chi connectivity index (χ0) is 13.8. The molecule has 0 unspecified atom stereocenters. The molecule has 0 amide bonds. The van der Waals surface area contributed by atoms with Crippen molar-refractivity contribution >= 4 is 5.97 Å². The van der Waals surface area contributed by atoms with Crippen LogP contribution in [-0.4, -0.2) is 31.3 Å². The number of carboxylic acids is 1. The normalized spacial score (nSPS) is 10.6. The summed E-state index contributed by atoms with van der Waals surface area (Å²) in [7, 11) is 0. The summed E-state index contributed by atoms with van der Waals surface area (Å²) in [6, 6.07) is 6.33. The Morgan fingerprint density at radius 3 is 2.79 bits per heavy atom. The van der Waals surface area contributed by atoms with Crippen molar-refractivity contribution in [1.29, 1.82) is 0 Å². The fourth-order valence-corrected chi connectivity index (χ4v) is 1.94. The first-order valence-electron chi connectivity index (χ1n) is 6.09. The molecule has 2 rings (SSSR count). The van der Waals surface area contributed by atoms with E-state index in [-0.39, 0.29) is 6.54 Å². The molecule has 1 N–H and O–H groups in total. The Labute approximate surface area is 111 Å². The van der Waals surface area contributed by atoms with Gasteiger partial charge in [0.2, 0.25) is 0 Å². The van der Waals surface area contributed by atoms with Crippen LogP contribution in [0.15, 0.2) is 18.2 Å². The minimum absolute atomic E-state index is 0.253. The fourth-order valence-electron chi connectivity index (χ4n) is 1.94. The minimum Gasteiger partial charge on any atom is -0.480 e. The van der Waals surface area contributed by atoms with Gasteiger partial charge in [0.05, 0.1) is 0 Å². The minimum atomic E-state index is -0.974. The topological polar surface area (TPSA) is 80.9 Å². The third-order valence-electron chi connectivity index (χ3n) is 2.89. The zero-order valence-corrected chi connectivity index (χ0v) is 11.0. The molecule has 1 aromatic carbocycles. The number of tetrazole rings is 1. The molecule has 1 aromatic heterocycles. The fraction of sp³-hybridized carbons (Fsp3) is 0.385. The molecule has 19 heavy (non-hydrogen) atoms. The van der Waals surface area contributed by atoms with E-state index in [4.69, 9.17) is 5.11 Å². The summed E-state index contributed by atoms with van der Waals surface area (Å²) in [4.78, 5) is 11.6. The van der Waals surface area contributed by atoms with Crippen LogP contribution >= 0.6 is 0 Å². The third kappa shape index (κ3) is 3.61. The van der Waals surface area contributed by atoms with Crippen LogP contribution in [0.25, 0.3) is 0 Å². The quantitative estimate of drug-likeness (QED) is 0.872. The van der Waals surface area contributed by atoms with Gasteiger partial charge in [0.15, 0.2) is 12.4 Å². The predicted molar refractivity (Wildman–Crippen MR) is 68.8 cm³/mol. The first kappa shape index (κ1) is 13.2. The number of nitrogens with zero attached hydrogens (tertiary/aromatic N) is 4. The van der Waals surface area contributed by atoms with Gasteiger partial charge in [-0.15, -0.1) is 10.2 Å². The van der Waals surface area contributed by atoms with E-state index in [1.165, 1.54) is 16.7 Å². The van der Waals surface area contributed by atoms with Gasteiger partial charge in [-0.1, -0.05) is 23.8 Å². The lowest BCUT2D eigenvalue weighted by molar-refractivity contribution is -0.138. The van der Waals surface area contributed by atoms with Crippen molar-refractivity contribution in [3.8, 4) is 0 Å². The number of rotatable bonds is 5. The summed E-state index contributed by atoms with van der Waals surface area (Å²) in [6.45, 7) is 3.89. The Kier molecular flexibility index (Phi) is 3.89. The van der Waals surface area contributed by atoms with Crippen LogP contribution in [0.1, 0.15) is 22.5 Å². The van der Waals surface area contributed by atoms with Crippen molar-refractivity contribution in [2.75, 3.05) is 0 Å². The molecule has 0 atom stereocenters. The summed E-state index contributed by atoms with van der Waals surface area (Å²) >= 11 is 0. The maximum atomic E-state index is 10.5. The second-order valence-electron chi connectivity index (χ2n) is 4.56. The van der Waals surface area contributed by atoms with Crippen LogP contribution in [-0.2, 0) is 24.2 Å². The van der Waals surface area contributed by atoms with Gasteiger partial charge in [0.25, 0.3) is 0 Å². The average molecular weight is 260 g/mol. The molecule has 0 saturated heterocycles. The molecule has 0 saturated carbocycles. The van der Waals surface area contributed by atoms with Crippen molar-refractivity contribution in [3.05, 3.63) is 40.7 Å². The van der Waals surface area contributed by atoms with Crippen molar-refractivity contribution < 1.29 is 9.90 Å². The first-order chi connectivity index (χ1) is 9.04. The number of hydrogen-bond donors (Lipinski definition) is 1. The molecule has 0 radical (unpaired) electrons. The van der Waals surface area contributed by atoms with Crippen molar-refractivity contribution in [1.82, 2.24) is 20.2 Å². The molecule has 1 heterocycles. The Hall–Kier alpha value is -2.24. The van der Waals surface area contributed by atoms with Crippen LogP contribution in [0.3, 0.4) is 0 Å². The first-order valence-corrected chi connectivity index (χ1v) is 6.09. The highest BCUT2D eigenvalue weighted by atomic mass is 16.4. The Balaban J connectivity index is 1.98. The monoisotopic (exact) mass is 260 g/mol. The predicted octanol–water partition coefficient (Wildman–Crippen LogP) is 1.16. The number of aromatic nitrogens is 4. The molecule has 0 aliphatic rings. The Bertz CT molecular complexity index is 592. The number of carbonyl (C=O) groups is 1. The summed E-state index contributed by atoms with van der Waals surface area (Å²) in [6.07, 6.45) is 1.48. The van der Waals surface area contributed by atoms with Gasteiger partial charge in [0.1, 0.15) is 0 Å². The zero-order valence-electron chi connectivity index (χ0n) is 11.0. The van der Waals surface area contributed by atoms with Gasteiger partial charge in [0, 0.05) is 6.42 Å². The second kappa shape index (κ2) is 5.60. The average Bonchev–Trinajstić information content (AvgIpc) is 2.74. The van der Waals surface area contributed by atoms with Gasteiger partial charge in [-0.05, 0) is 36.6 Å². The summed E-state index contributed by atoms with van der Waals surface area (Å²) in [5.41, 5.74) is 3.74. The van der Waals surface area contributed by atoms with Gasteiger partial charge < -0.3 is 5.11 Å². The standard InChI is InChI=1S/C13H16N4O2/c1-9-3-4-11(10(2)7-9)5-6-12-14-16-17(15-12)8-13(18)19/h3-4,7H,5-6,8H2,1-2H3,(H,18,19). The van der Waals surface area contributed by atoms with E-state index in [2.05, 4.69) is 47.5 Å². The molecule has 0 fully saturated rings. The van der Waals surface area contributed by atoms with E-state index in [9.17, 15) is 4.79 Å². The smallest absolute Gasteiger partial charge is 0.327 e. The van der Waals surface area contributed by atoms with E-state index in [1.807, 2.05) is 0 Å². The number of hydrogen-bond acceptors (Lipinski definition) is 4. The second-order valence-corrected chi connectivity index (χ2v) is 4.56. The van der Waals surface area contributed by atoms with Crippen molar-refractivity contribution in [2.45, 2.75) is 33.2 Å². The highest BCUT2D eigenvalue weighted by Crippen LogP contribution is 2.12.